The molecule has 0 N–H and O–H groups in total. The molecule has 0 aliphatic carbocycles. The van der Waals surface area contributed by atoms with Gasteiger partial charge in [0, 0.05) is 5.56 Å². The highest BCUT2D eigenvalue weighted by Gasteiger charge is 2.15. The number of hydrogen-bond acceptors (Lipinski definition) is 6. The van der Waals surface area contributed by atoms with Crippen molar-refractivity contribution in [1.29, 1.82) is 0 Å². The van der Waals surface area contributed by atoms with Crippen LogP contribution in [0.4, 0.5) is 0 Å². The molecule has 7 heteroatoms. The van der Waals surface area contributed by atoms with Gasteiger partial charge in [-0.3, -0.25) is 4.57 Å². The van der Waals surface area contributed by atoms with Crippen molar-refractivity contribution in [1.82, 2.24) is 24.9 Å². The highest BCUT2D eigenvalue weighted by Crippen LogP contribution is 2.27. The van der Waals surface area contributed by atoms with Crippen LogP contribution in [-0.2, 0) is 5.75 Å². The molecule has 0 saturated heterocycles. The predicted molar refractivity (Wildman–Crippen MR) is 105 cm³/mol. The Balaban J connectivity index is 1.54. The third-order valence-corrected chi connectivity index (χ3v) is 5.17. The number of hydrogen-bond donors (Lipinski definition) is 0. The summed E-state index contributed by atoms with van der Waals surface area (Å²) in [6.07, 6.45) is 0. The molecular weight excluding hydrogens is 358 g/mol. The number of aromatic nitrogens is 5. The molecule has 2 heterocycles. The van der Waals surface area contributed by atoms with Crippen LogP contribution in [0, 0.1) is 20.8 Å². The molecule has 4 rings (SSSR count). The second-order valence-corrected chi connectivity index (χ2v) is 7.26. The summed E-state index contributed by atoms with van der Waals surface area (Å²) >= 11 is 1.53. The van der Waals surface area contributed by atoms with Crippen LogP contribution in [0.25, 0.3) is 17.1 Å². The first kappa shape index (κ1) is 17.5. The van der Waals surface area contributed by atoms with Crippen LogP contribution >= 0.6 is 11.8 Å². The Bertz CT molecular complexity index is 1070. The molecule has 0 amide bonds. The number of nitrogens with zero attached hydrogens (tertiary/aromatic N) is 5. The fourth-order valence-electron chi connectivity index (χ4n) is 2.79. The lowest BCUT2D eigenvalue weighted by molar-refractivity contribution is 0.391. The predicted octanol–water partition coefficient (Wildman–Crippen LogP) is 4.53. The Labute approximate surface area is 161 Å². The van der Waals surface area contributed by atoms with Crippen molar-refractivity contribution < 1.29 is 4.52 Å². The van der Waals surface area contributed by atoms with Crippen molar-refractivity contribution in [2.45, 2.75) is 31.7 Å². The average molecular weight is 377 g/mol. The first-order valence-corrected chi connectivity index (χ1v) is 9.61. The summed E-state index contributed by atoms with van der Waals surface area (Å²) in [5.41, 5.74) is 4.39. The van der Waals surface area contributed by atoms with Gasteiger partial charge in [0.1, 0.15) is 5.82 Å². The molecule has 0 atom stereocenters. The summed E-state index contributed by atoms with van der Waals surface area (Å²) in [5.74, 6) is 2.54. The SMILES string of the molecule is Cc1ccc(-c2noc(CSc3nnc(C)n3-c3ccccc3C)n2)cc1. The molecule has 4 aromatic rings. The van der Waals surface area contributed by atoms with Crippen LogP contribution < -0.4 is 0 Å². The maximum absolute atomic E-state index is 5.41. The minimum absolute atomic E-state index is 0.531. The lowest BCUT2D eigenvalue weighted by Gasteiger charge is -2.10. The summed E-state index contributed by atoms with van der Waals surface area (Å²) < 4.78 is 7.46. The van der Waals surface area contributed by atoms with Crippen LogP contribution in [0.15, 0.2) is 58.2 Å². The van der Waals surface area contributed by atoms with E-state index in [0.29, 0.717) is 17.5 Å². The zero-order valence-electron chi connectivity index (χ0n) is 15.4. The lowest BCUT2D eigenvalue weighted by Crippen LogP contribution is -2.01. The van der Waals surface area contributed by atoms with Crippen LogP contribution in [0.3, 0.4) is 0 Å². The molecule has 6 nitrogen and oxygen atoms in total. The third kappa shape index (κ3) is 3.64. The molecule has 2 aromatic carbocycles. The second-order valence-electron chi connectivity index (χ2n) is 6.32. The molecule has 0 aliphatic heterocycles. The fraction of sp³-hybridized carbons (Fsp3) is 0.200. The quantitative estimate of drug-likeness (QED) is 0.476. The zero-order valence-corrected chi connectivity index (χ0v) is 16.2. The summed E-state index contributed by atoms with van der Waals surface area (Å²) in [6.45, 7) is 6.08. The van der Waals surface area contributed by atoms with E-state index in [9.17, 15) is 0 Å². The van der Waals surface area contributed by atoms with Crippen molar-refractivity contribution in [3.05, 3.63) is 71.4 Å². The molecule has 0 radical (unpaired) electrons. The summed E-state index contributed by atoms with van der Waals surface area (Å²) in [5, 5.41) is 13.4. The Morgan fingerprint density at radius 2 is 1.74 bits per heavy atom. The van der Waals surface area contributed by atoms with Crippen molar-refractivity contribution >= 4 is 11.8 Å². The van der Waals surface area contributed by atoms with Gasteiger partial charge >= 0.3 is 0 Å². The number of rotatable bonds is 5. The monoisotopic (exact) mass is 377 g/mol. The molecule has 0 aliphatic rings. The van der Waals surface area contributed by atoms with E-state index in [0.717, 1.165) is 22.2 Å². The van der Waals surface area contributed by atoms with Crippen LogP contribution in [-0.4, -0.2) is 24.9 Å². The number of benzene rings is 2. The largest absolute Gasteiger partial charge is 0.338 e. The van der Waals surface area contributed by atoms with Gasteiger partial charge in [0.05, 0.1) is 11.4 Å². The van der Waals surface area contributed by atoms with Gasteiger partial charge in [-0.2, -0.15) is 4.98 Å². The van der Waals surface area contributed by atoms with Gasteiger partial charge < -0.3 is 4.52 Å². The molecule has 0 saturated carbocycles. The first-order valence-electron chi connectivity index (χ1n) is 8.62. The Morgan fingerprint density at radius 1 is 0.963 bits per heavy atom. The average Bonchev–Trinajstić information content (AvgIpc) is 3.28. The van der Waals surface area contributed by atoms with E-state index in [1.807, 2.05) is 43.3 Å². The highest BCUT2D eigenvalue weighted by atomic mass is 32.2. The number of aryl methyl sites for hydroxylation is 3. The van der Waals surface area contributed by atoms with Gasteiger partial charge in [0.15, 0.2) is 5.16 Å². The van der Waals surface area contributed by atoms with Crippen molar-refractivity contribution in [3.63, 3.8) is 0 Å². The number of thioether (sulfide) groups is 1. The Kier molecular flexibility index (Phi) is 4.77. The minimum Gasteiger partial charge on any atom is -0.338 e. The first-order chi connectivity index (χ1) is 13.1. The zero-order chi connectivity index (χ0) is 18.8. The van der Waals surface area contributed by atoms with E-state index in [1.54, 1.807) is 0 Å². The molecule has 136 valence electrons. The van der Waals surface area contributed by atoms with Gasteiger partial charge in [-0.05, 0) is 32.4 Å². The Hall–Kier alpha value is -2.93. The van der Waals surface area contributed by atoms with Gasteiger partial charge in [0.2, 0.25) is 11.7 Å². The number of para-hydroxylation sites is 1. The van der Waals surface area contributed by atoms with E-state index >= 15 is 0 Å². The third-order valence-electron chi connectivity index (χ3n) is 4.25. The van der Waals surface area contributed by atoms with Crippen LogP contribution in [0.1, 0.15) is 22.8 Å². The summed E-state index contributed by atoms with van der Waals surface area (Å²) in [6, 6.07) is 16.2. The lowest BCUT2D eigenvalue weighted by atomic mass is 10.1. The van der Waals surface area contributed by atoms with Gasteiger partial charge in [-0.25, -0.2) is 0 Å². The van der Waals surface area contributed by atoms with Crippen molar-refractivity contribution in [3.8, 4) is 17.1 Å². The molecule has 2 aromatic heterocycles. The molecule has 0 spiro atoms. The van der Waals surface area contributed by atoms with Crippen molar-refractivity contribution in [2.75, 3.05) is 0 Å². The van der Waals surface area contributed by atoms with Crippen molar-refractivity contribution in [2.24, 2.45) is 0 Å². The van der Waals surface area contributed by atoms with E-state index in [1.165, 1.54) is 22.9 Å². The fourth-order valence-corrected chi connectivity index (χ4v) is 3.62. The normalized spacial score (nSPS) is 11.1. The van der Waals surface area contributed by atoms with Gasteiger partial charge in [0.25, 0.3) is 0 Å². The van der Waals surface area contributed by atoms with Crippen LogP contribution in [0.5, 0.6) is 0 Å². The van der Waals surface area contributed by atoms with E-state index < -0.39 is 0 Å². The molecule has 0 unspecified atom stereocenters. The smallest absolute Gasteiger partial charge is 0.237 e. The molecule has 0 fully saturated rings. The molecule has 0 bridgehead atoms. The molecule has 27 heavy (non-hydrogen) atoms. The van der Waals surface area contributed by atoms with Gasteiger partial charge in [-0.1, -0.05) is 64.9 Å². The maximum atomic E-state index is 5.41. The van der Waals surface area contributed by atoms with E-state index in [4.69, 9.17) is 4.52 Å². The Morgan fingerprint density at radius 3 is 2.52 bits per heavy atom. The topological polar surface area (TPSA) is 69.6 Å². The second kappa shape index (κ2) is 7.36. The molecular formula is C20H19N5OS. The van der Waals surface area contributed by atoms with Crippen LogP contribution in [0.2, 0.25) is 0 Å². The highest BCUT2D eigenvalue weighted by molar-refractivity contribution is 7.98. The summed E-state index contributed by atoms with van der Waals surface area (Å²) in [7, 11) is 0. The van der Waals surface area contributed by atoms with E-state index in [-0.39, 0.29) is 0 Å². The van der Waals surface area contributed by atoms with E-state index in [2.05, 4.69) is 50.9 Å². The standard InChI is InChI=1S/C20H19N5OS/c1-13-8-10-16(11-9-13)19-21-18(26-24-19)12-27-20-23-22-15(3)25(20)17-7-5-4-6-14(17)2/h4-11H,12H2,1-3H3. The maximum Gasteiger partial charge on any atom is 0.237 e. The minimum atomic E-state index is 0.531. The summed E-state index contributed by atoms with van der Waals surface area (Å²) in [4.78, 5) is 4.50. The van der Waals surface area contributed by atoms with Gasteiger partial charge in [-0.15, -0.1) is 10.2 Å².